The van der Waals surface area contributed by atoms with Gasteiger partial charge in [-0.3, -0.25) is 4.79 Å². The molecule has 0 aliphatic rings. The van der Waals surface area contributed by atoms with Crippen molar-refractivity contribution >= 4 is 35.3 Å². The Morgan fingerprint density at radius 3 is 2.65 bits per heavy atom. The molecule has 0 aromatic heterocycles. The number of amides is 1. The zero-order chi connectivity index (χ0) is 16.8. The van der Waals surface area contributed by atoms with Crippen molar-refractivity contribution in [1.82, 2.24) is 5.43 Å². The van der Waals surface area contributed by atoms with Gasteiger partial charge in [-0.15, -0.1) is 0 Å². The maximum absolute atomic E-state index is 12.1. The lowest BCUT2D eigenvalue weighted by molar-refractivity contribution is -0.131. The van der Waals surface area contributed by atoms with Crippen molar-refractivity contribution in [2.45, 2.75) is 6.10 Å². The molecule has 0 bridgehead atoms. The molecule has 5 nitrogen and oxygen atoms in total. The van der Waals surface area contributed by atoms with Crippen LogP contribution in [0.15, 0.2) is 47.6 Å². The molecule has 0 aliphatic heterocycles. The number of nitrogens with one attached hydrogen (secondary N) is 1. The number of ether oxygens (including phenoxy) is 1. The summed E-state index contributed by atoms with van der Waals surface area (Å²) in [5, 5.41) is 14.0. The van der Waals surface area contributed by atoms with E-state index in [0.717, 1.165) is 0 Å². The van der Waals surface area contributed by atoms with Crippen molar-refractivity contribution in [3.63, 3.8) is 0 Å². The highest BCUT2D eigenvalue weighted by molar-refractivity contribution is 6.36. The smallest absolute Gasteiger partial charge is 0.273 e. The summed E-state index contributed by atoms with van der Waals surface area (Å²) in [6.45, 7) is 0. The number of benzene rings is 2. The number of hydrazone groups is 1. The Hall–Kier alpha value is -2.08. The molecule has 1 amide bonds. The molecule has 2 N–H and O–H groups in total. The van der Waals surface area contributed by atoms with Gasteiger partial charge in [0.05, 0.1) is 11.2 Å². The summed E-state index contributed by atoms with van der Waals surface area (Å²) < 4.78 is 5.19. The number of rotatable bonds is 5. The van der Waals surface area contributed by atoms with Gasteiger partial charge in [0.1, 0.15) is 5.75 Å². The van der Waals surface area contributed by atoms with Crippen molar-refractivity contribution in [1.29, 1.82) is 0 Å². The maximum Gasteiger partial charge on any atom is 0.273 e. The van der Waals surface area contributed by atoms with Crippen LogP contribution in [-0.2, 0) is 9.53 Å². The summed E-state index contributed by atoms with van der Waals surface area (Å²) in [4.78, 5) is 12.1. The number of carbonyl (C=O) groups excluding carboxylic acids is 1. The van der Waals surface area contributed by atoms with Crippen LogP contribution in [-0.4, -0.2) is 24.3 Å². The van der Waals surface area contributed by atoms with Gasteiger partial charge in [0.15, 0.2) is 6.10 Å². The number of halogens is 2. The minimum absolute atomic E-state index is 0.101. The first-order valence-electron chi connectivity index (χ1n) is 6.61. The highest BCUT2D eigenvalue weighted by Gasteiger charge is 2.19. The summed E-state index contributed by atoms with van der Waals surface area (Å²) >= 11 is 11.7. The van der Waals surface area contributed by atoms with Crippen LogP contribution in [0.2, 0.25) is 10.0 Å². The monoisotopic (exact) mass is 352 g/mol. The standard InChI is InChI=1S/C16H14Cl2N2O3/c1-23-15(10-5-3-2-4-6-10)16(22)20-19-9-11-7-12(17)8-13(18)14(11)21/h2-9,15,21H,1H3,(H,20,22)/b19-9-/t15-/m1/s1. The van der Waals surface area contributed by atoms with Crippen molar-refractivity contribution < 1.29 is 14.6 Å². The van der Waals surface area contributed by atoms with E-state index in [9.17, 15) is 9.90 Å². The summed E-state index contributed by atoms with van der Waals surface area (Å²) in [5.41, 5.74) is 3.35. The number of phenolic OH excluding ortho intramolecular Hbond substituents is 1. The van der Waals surface area contributed by atoms with Crippen molar-refractivity contribution in [3.05, 3.63) is 63.6 Å². The van der Waals surface area contributed by atoms with Crippen molar-refractivity contribution in [2.75, 3.05) is 7.11 Å². The van der Waals surface area contributed by atoms with Gasteiger partial charge in [-0.05, 0) is 17.7 Å². The Bertz CT molecular complexity index is 721. The van der Waals surface area contributed by atoms with E-state index < -0.39 is 12.0 Å². The summed E-state index contributed by atoms with van der Waals surface area (Å²) in [7, 11) is 1.43. The third-order valence-corrected chi connectivity index (χ3v) is 3.52. The van der Waals surface area contributed by atoms with Crippen LogP contribution in [0, 0.1) is 0 Å². The largest absolute Gasteiger partial charge is 0.506 e. The highest BCUT2D eigenvalue weighted by atomic mass is 35.5. The number of methoxy groups -OCH3 is 1. The molecule has 2 aromatic rings. The van der Waals surface area contributed by atoms with Crippen LogP contribution >= 0.6 is 23.2 Å². The van der Waals surface area contributed by atoms with Crippen molar-refractivity contribution in [3.8, 4) is 5.75 Å². The van der Waals surface area contributed by atoms with Gasteiger partial charge in [0.2, 0.25) is 0 Å². The van der Waals surface area contributed by atoms with Gasteiger partial charge < -0.3 is 9.84 Å². The third kappa shape index (κ3) is 4.45. The van der Waals surface area contributed by atoms with Crippen LogP contribution < -0.4 is 5.43 Å². The van der Waals surface area contributed by atoms with E-state index in [1.807, 2.05) is 18.2 Å². The molecule has 23 heavy (non-hydrogen) atoms. The quantitative estimate of drug-likeness (QED) is 0.638. The lowest BCUT2D eigenvalue weighted by Crippen LogP contribution is -2.26. The number of phenols is 1. The average Bonchev–Trinajstić information content (AvgIpc) is 2.53. The van der Waals surface area contributed by atoms with Gasteiger partial charge in [0.25, 0.3) is 5.91 Å². The van der Waals surface area contributed by atoms with Crippen LogP contribution in [0.5, 0.6) is 5.75 Å². The summed E-state index contributed by atoms with van der Waals surface area (Å²) in [5.74, 6) is -0.608. The van der Waals surface area contributed by atoms with Gasteiger partial charge in [-0.25, -0.2) is 5.43 Å². The molecule has 0 saturated carbocycles. The molecular weight excluding hydrogens is 339 g/mol. The van der Waals surface area contributed by atoms with Gasteiger partial charge in [-0.2, -0.15) is 5.10 Å². The van der Waals surface area contributed by atoms with Gasteiger partial charge in [0, 0.05) is 17.7 Å². The van der Waals surface area contributed by atoms with E-state index in [4.69, 9.17) is 27.9 Å². The minimum Gasteiger partial charge on any atom is -0.506 e. The molecule has 7 heteroatoms. The second-order valence-electron chi connectivity index (χ2n) is 4.59. The van der Waals surface area contributed by atoms with E-state index in [2.05, 4.69) is 10.5 Å². The molecule has 0 heterocycles. The lowest BCUT2D eigenvalue weighted by Gasteiger charge is -2.13. The molecule has 2 rings (SSSR count). The minimum atomic E-state index is -0.787. The molecule has 0 aliphatic carbocycles. The number of aromatic hydroxyl groups is 1. The first-order chi connectivity index (χ1) is 11.0. The predicted octanol–water partition coefficient (Wildman–Crippen LogP) is 3.54. The fourth-order valence-electron chi connectivity index (χ4n) is 1.93. The Balaban J connectivity index is 2.09. The molecule has 120 valence electrons. The fourth-order valence-corrected chi connectivity index (χ4v) is 2.44. The SMILES string of the molecule is CO[C@@H](C(=O)N/N=C\c1cc(Cl)cc(Cl)c1O)c1ccccc1. The summed E-state index contributed by atoms with van der Waals surface area (Å²) in [6.07, 6.45) is 0.466. The first kappa shape index (κ1) is 17.3. The topological polar surface area (TPSA) is 70.9 Å². The molecular formula is C16H14Cl2N2O3. The van der Waals surface area contributed by atoms with Crippen LogP contribution in [0.4, 0.5) is 0 Å². The van der Waals surface area contributed by atoms with Gasteiger partial charge >= 0.3 is 0 Å². The number of hydrogen-bond acceptors (Lipinski definition) is 4. The zero-order valence-corrected chi connectivity index (χ0v) is 13.7. The zero-order valence-electron chi connectivity index (χ0n) is 12.2. The van der Waals surface area contributed by atoms with Crippen molar-refractivity contribution in [2.24, 2.45) is 5.10 Å². The predicted molar refractivity (Wildman–Crippen MR) is 90.1 cm³/mol. The van der Waals surface area contributed by atoms with Crippen LogP contribution in [0.25, 0.3) is 0 Å². The molecule has 0 spiro atoms. The fraction of sp³-hybridized carbons (Fsp3) is 0.125. The molecule has 1 atom stereocenters. The third-order valence-electron chi connectivity index (χ3n) is 3.01. The van der Waals surface area contributed by atoms with Gasteiger partial charge in [-0.1, -0.05) is 53.5 Å². The number of nitrogens with zero attached hydrogens (tertiary/aromatic N) is 1. The normalized spacial score (nSPS) is 12.3. The second-order valence-corrected chi connectivity index (χ2v) is 5.43. The highest BCUT2D eigenvalue weighted by Crippen LogP contribution is 2.29. The van der Waals surface area contributed by atoms with E-state index in [1.54, 1.807) is 12.1 Å². The Morgan fingerprint density at radius 2 is 2.00 bits per heavy atom. The molecule has 2 aromatic carbocycles. The van der Waals surface area contributed by atoms with Crippen LogP contribution in [0.1, 0.15) is 17.2 Å². The Labute approximate surface area is 143 Å². The Morgan fingerprint density at radius 1 is 1.30 bits per heavy atom. The van der Waals surface area contributed by atoms with Crippen LogP contribution in [0.3, 0.4) is 0 Å². The number of carbonyl (C=O) groups is 1. The molecule has 0 radical (unpaired) electrons. The second kappa shape index (κ2) is 7.97. The van der Waals surface area contributed by atoms with E-state index in [0.29, 0.717) is 10.6 Å². The first-order valence-corrected chi connectivity index (χ1v) is 7.37. The average molecular weight is 353 g/mol. The number of hydrogen-bond donors (Lipinski definition) is 2. The molecule has 0 fully saturated rings. The van der Waals surface area contributed by atoms with E-state index in [-0.39, 0.29) is 16.3 Å². The molecule has 0 saturated heterocycles. The maximum atomic E-state index is 12.1. The lowest BCUT2D eigenvalue weighted by atomic mass is 10.1. The van der Waals surface area contributed by atoms with E-state index >= 15 is 0 Å². The molecule has 0 unspecified atom stereocenters. The Kier molecular flexibility index (Phi) is 5.98. The summed E-state index contributed by atoms with van der Waals surface area (Å²) in [6, 6.07) is 11.9. The van der Waals surface area contributed by atoms with E-state index in [1.165, 1.54) is 25.5 Å².